The average molecular weight is 256 g/mol. The van der Waals surface area contributed by atoms with Crippen molar-refractivity contribution in [3.8, 4) is 11.5 Å². The first-order chi connectivity index (χ1) is 9.31. The van der Waals surface area contributed by atoms with Crippen LogP contribution in [0.5, 0.6) is 11.5 Å². The molecule has 0 N–H and O–H groups in total. The molecule has 2 aromatic rings. The number of benzene rings is 2. The Hall–Kier alpha value is -2.29. The summed E-state index contributed by atoms with van der Waals surface area (Å²) in [5.74, 6) is 1.63. The molecule has 0 aliphatic heterocycles. The molecule has 0 aromatic heterocycles. The SMILES string of the molecule is COc1cccc(CCOc2ccc(C=O)cc2)c1. The number of hydrogen-bond donors (Lipinski definition) is 0. The van der Waals surface area contributed by atoms with Gasteiger partial charge >= 0.3 is 0 Å². The minimum atomic E-state index is 0.591. The van der Waals surface area contributed by atoms with E-state index in [2.05, 4.69) is 0 Å². The van der Waals surface area contributed by atoms with Gasteiger partial charge in [-0.05, 0) is 42.0 Å². The van der Waals surface area contributed by atoms with E-state index in [9.17, 15) is 4.79 Å². The van der Waals surface area contributed by atoms with E-state index < -0.39 is 0 Å². The maximum Gasteiger partial charge on any atom is 0.150 e. The lowest BCUT2D eigenvalue weighted by Crippen LogP contribution is -2.01. The van der Waals surface area contributed by atoms with Crippen LogP contribution in [0.15, 0.2) is 48.5 Å². The van der Waals surface area contributed by atoms with Gasteiger partial charge in [0.25, 0.3) is 0 Å². The van der Waals surface area contributed by atoms with Crippen LogP contribution in [0, 0.1) is 0 Å². The molecule has 0 unspecified atom stereocenters. The first kappa shape index (κ1) is 13.1. The van der Waals surface area contributed by atoms with Crippen LogP contribution in [0.1, 0.15) is 15.9 Å². The molecule has 0 saturated carbocycles. The maximum absolute atomic E-state index is 10.5. The van der Waals surface area contributed by atoms with Crippen molar-refractivity contribution in [3.05, 3.63) is 59.7 Å². The Kier molecular flexibility index (Phi) is 4.56. The number of aldehydes is 1. The summed E-state index contributed by atoms with van der Waals surface area (Å²) in [4.78, 5) is 10.5. The Morgan fingerprint density at radius 1 is 1.05 bits per heavy atom. The first-order valence-electron chi connectivity index (χ1n) is 6.13. The van der Waals surface area contributed by atoms with Gasteiger partial charge < -0.3 is 9.47 Å². The largest absolute Gasteiger partial charge is 0.497 e. The molecule has 0 amide bonds. The molecule has 19 heavy (non-hydrogen) atoms. The van der Waals surface area contributed by atoms with Crippen LogP contribution < -0.4 is 9.47 Å². The second kappa shape index (κ2) is 6.59. The van der Waals surface area contributed by atoms with Crippen molar-refractivity contribution in [3.63, 3.8) is 0 Å². The molecule has 0 aliphatic rings. The highest BCUT2D eigenvalue weighted by Gasteiger charge is 1.98. The van der Waals surface area contributed by atoms with E-state index in [1.165, 1.54) is 5.56 Å². The molecule has 98 valence electrons. The number of ether oxygens (including phenoxy) is 2. The fourth-order valence-corrected chi connectivity index (χ4v) is 1.76. The van der Waals surface area contributed by atoms with Gasteiger partial charge in [-0.25, -0.2) is 0 Å². The lowest BCUT2D eigenvalue weighted by atomic mass is 10.1. The third-order valence-electron chi connectivity index (χ3n) is 2.81. The molecule has 3 heteroatoms. The summed E-state index contributed by atoms with van der Waals surface area (Å²) in [6.45, 7) is 0.591. The standard InChI is InChI=1S/C16H16O3/c1-18-16-4-2-3-13(11-16)9-10-19-15-7-5-14(12-17)6-8-15/h2-8,11-12H,9-10H2,1H3. The van der Waals surface area contributed by atoms with E-state index in [0.29, 0.717) is 12.2 Å². The van der Waals surface area contributed by atoms with Crippen molar-refractivity contribution in [1.82, 2.24) is 0 Å². The second-order valence-electron chi connectivity index (χ2n) is 4.14. The molecule has 0 saturated heterocycles. The maximum atomic E-state index is 10.5. The van der Waals surface area contributed by atoms with Crippen molar-refractivity contribution >= 4 is 6.29 Å². The van der Waals surface area contributed by atoms with Crippen LogP contribution in [-0.2, 0) is 6.42 Å². The molecular formula is C16H16O3. The number of carbonyl (C=O) groups excluding carboxylic acids is 1. The van der Waals surface area contributed by atoms with E-state index in [1.807, 2.05) is 24.3 Å². The van der Waals surface area contributed by atoms with Gasteiger partial charge in [-0.15, -0.1) is 0 Å². The quantitative estimate of drug-likeness (QED) is 0.745. The van der Waals surface area contributed by atoms with Gasteiger partial charge in [-0.3, -0.25) is 4.79 Å². The highest BCUT2D eigenvalue weighted by atomic mass is 16.5. The Bertz CT molecular complexity index is 532. The molecule has 2 rings (SSSR count). The lowest BCUT2D eigenvalue weighted by Gasteiger charge is -2.07. The van der Waals surface area contributed by atoms with Crippen molar-refractivity contribution in [2.45, 2.75) is 6.42 Å². The van der Waals surface area contributed by atoms with Gasteiger partial charge in [0.15, 0.2) is 0 Å². The van der Waals surface area contributed by atoms with E-state index in [4.69, 9.17) is 9.47 Å². The Morgan fingerprint density at radius 3 is 2.53 bits per heavy atom. The highest BCUT2D eigenvalue weighted by Crippen LogP contribution is 2.14. The molecule has 0 atom stereocenters. The number of hydrogen-bond acceptors (Lipinski definition) is 3. The molecule has 0 heterocycles. The van der Waals surface area contributed by atoms with E-state index >= 15 is 0 Å². The topological polar surface area (TPSA) is 35.5 Å². The van der Waals surface area contributed by atoms with Crippen LogP contribution in [-0.4, -0.2) is 20.0 Å². The minimum absolute atomic E-state index is 0.591. The highest BCUT2D eigenvalue weighted by molar-refractivity contribution is 5.74. The summed E-state index contributed by atoms with van der Waals surface area (Å²) >= 11 is 0. The molecule has 0 fully saturated rings. The Labute approximate surface area is 112 Å². The summed E-state index contributed by atoms with van der Waals surface area (Å²) in [7, 11) is 1.66. The summed E-state index contributed by atoms with van der Waals surface area (Å²) in [6.07, 6.45) is 1.63. The van der Waals surface area contributed by atoms with E-state index in [0.717, 1.165) is 24.2 Å². The summed E-state index contributed by atoms with van der Waals surface area (Å²) in [5, 5.41) is 0. The normalized spacial score (nSPS) is 9.95. The predicted octanol–water partition coefficient (Wildman–Crippen LogP) is 3.13. The van der Waals surface area contributed by atoms with Crippen LogP contribution in [0.25, 0.3) is 0 Å². The van der Waals surface area contributed by atoms with Crippen molar-refractivity contribution in [1.29, 1.82) is 0 Å². The fraction of sp³-hybridized carbons (Fsp3) is 0.188. The third-order valence-corrected chi connectivity index (χ3v) is 2.81. The average Bonchev–Trinajstić information content (AvgIpc) is 2.48. The van der Waals surface area contributed by atoms with E-state index in [-0.39, 0.29) is 0 Å². The van der Waals surface area contributed by atoms with Gasteiger partial charge in [0.2, 0.25) is 0 Å². The molecule has 0 bridgehead atoms. The van der Waals surface area contributed by atoms with Gasteiger partial charge in [-0.1, -0.05) is 12.1 Å². The van der Waals surface area contributed by atoms with Crippen LogP contribution >= 0.6 is 0 Å². The van der Waals surface area contributed by atoms with E-state index in [1.54, 1.807) is 31.4 Å². The number of carbonyl (C=O) groups is 1. The zero-order valence-electron chi connectivity index (χ0n) is 10.8. The minimum Gasteiger partial charge on any atom is -0.497 e. The Balaban J connectivity index is 1.86. The van der Waals surface area contributed by atoms with Gasteiger partial charge in [0, 0.05) is 12.0 Å². The third kappa shape index (κ3) is 3.85. The fourth-order valence-electron chi connectivity index (χ4n) is 1.76. The smallest absolute Gasteiger partial charge is 0.150 e. The monoisotopic (exact) mass is 256 g/mol. The zero-order valence-corrected chi connectivity index (χ0v) is 10.8. The molecular weight excluding hydrogens is 240 g/mol. The number of methoxy groups -OCH3 is 1. The summed E-state index contributed by atoms with van der Waals surface area (Å²) < 4.78 is 10.8. The van der Waals surface area contributed by atoms with Gasteiger partial charge in [0.1, 0.15) is 17.8 Å². The van der Waals surface area contributed by atoms with Crippen molar-refractivity contribution in [2.24, 2.45) is 0 Å². The van der Waals surface area contributed by atoms with Crippen LogP contribution in [0.4, 0.5) is 0 Å². The molecule has 0 aliphatic carbocycles. The molecule has 3 nitrogen and oxygen atoms in total. The Morgan fingerprint density at radius 2 is 1.84 bits per heavy atom. The van der Waals surface area contributed by atoms with Gasteiger partial charge in [0.05, 0.1) is 13.7 Å². The summed E-state index contributed by atoms with van der Waals surface area (Å²) in [6, 6.07) is 15.0. The molecule has 2 aromatic carbocycles. The van der Waals surface area contributed by atoms with Crippen molar-refractivity contribution < 1.29 is 14.3 Å². The number of rotatable bonds is 6. The van der Waals surface area contributed by atoms with Crippen molar-refractivity contribution in [2.75, 3.05) is 13.7 Å². The summed E-state index contributed by atoms with van der Waals surface area (Å²) in [5.41, 5.74) is 1.82. The first-order valence-corrected chi connectivity index (χ1v) is 6.13. The molecule has 0 radical (unpaired) electrons. The predicted molar refractivity (Wildman–Crippen MR) is 74.0 cm³/mol. The zero-order chi connectivity index (χ0) is 13.5. The van der Waals surface area contributed by atoms with Gasteiger partial charge in [-0.2, -0.15) is 0 Å². The lowest BCUT2D eigenvalue weighted by molar-refractivity contribution is 0.112. The van der Waals surface area contributed by atoms with Crippen LogP contribution in [0.3, 0.4) is 0 Å². The molecule has 0 spiro atoms. The second-order valence-corrected chi connectivity index (χ2v) is 4.14. The van der Waals surface area contributed by atoms with Crippen LogP contribution in [0.2, 0.25) is 0 Å².